The fourth-order valence-electron chi connectivity index (χ4n) is 6.18. The first-order chi connectivity index (χ1) is 24.3. The number of pyridine rings is 2. The number of rotatable bonds is 8. The van der Waals surface area contributed by atoms with Crippen LogP contribution in [0.5, 0.6) is 11.5 Å². The molecule has 0 bridgehead atoms. The van der Waals surface area contributed by atoms with Crippen LogP contribution >= 0.6 is 23.2 Å². The van der Waals surface area contributed by atoms with Crippen molar-refractivity contribution in [3.63, 3.8) is 0 Å². The van der Waals surface area contributed by atoms with E-state index >= 15 is 0 Å². The summed E-state index contributed by atoms with van der Waals surface area (Å²) in [7, 11) is 0. The fourth-order valence-corrected chi connectivity index (χ4v) is 6.51. The van der Waals surface area contributed by atoms with Crippen molar-refractivity contribution < 1.29 is 10.2 Å². The molecule has 0 saturated carbocycles. The zero-order valence-electron chi connectivity index (χ0n) is 27.8. The molecule has 10 heteroatoms. The van der Waals surface area contributed by atoms with Crippen molar-refractivity contribution in [3.8, 4) is 34.5 Å². The van der Waals surface area contributed by atoms with Gasteiger partial charge in [0, 0.05) is 33.9 Å². The average molecular weight is 704 g/mol. The van der Waals surface area contributed by atoms with E-state index in [1.807, 2.05) is 84.9 Å². The second-order valence-corrected chi connectivity index (χ2v) is 13.1. The van der Waals surface area contributed by atoms with E-state index in [-0.39, 0.29) is 11.5 Å². The van der Waals surface area contributed by atoms with Crippen molar-refractivity contribution in [1.82, 2.24) is 29.1 Å². The van der Waals surface area contributed by atoms with E-state index < -0.39 is 0 Å². The summed E-state index contributed by atoms with van der Waals surface area (Å²) in [6.07, 6.45) is 4.27. The van der Waals surface area contributed by atoms with Gasteiger partial charge in [-0.15, -0.1) is 0 Å². The molecule has 0 atom stereocenters. The number of aromatic hydroxyl groups is 2. The first-order valence-electron chi connectivity index (χ1n) is 16.8. The molecular weight excluding hydrogens is 667 g/mol. The number of para-hydroxylation sites is 2. The molecule has 0 unspecified atom stereocenters. The van der Waals surface area contributed by atoms with Crippen LogP contribution in [0.3, 0.4) is 0 Å². The minimum Gasteiger partial charge on any atom is -0.506 e. The van der Waals surface area contributed by atoms with E-state index in [2.05, 4.69) is 32.9 Å². The van der Waals surface area contributed by atoms with E-state index in [9.17, 15) is 10.2 Å². The van der Waals surface area contributed by atoms with Gasteiger partial charge in [-0.1, -0.05) is 86.3 Å². The number of hydrogen-bond donors (Lipinski definition) is 2. The minimum absolute atomic E-state index is 0.179. The standard InChI is InChI=1S/2C20H18ClN3O/c2*1-2-3-11-24-17-12-14(21)8-10-15(17)23-20(24)16-9-7-13-5-4-6-18(25)19(13)22-16/h2*4-10,12,25H,2-3,11H2,1H3. The average Bonchev–Trinajstić information content (AvgIpc) is 3.67. The molecule has 0 saturated heterocycles. The molecule has 0 aliphatic rings. The van der Waals surface area contributed by atoms with Crippen molar-refractivity contribution in [2.45, 2.75) is 52.6 Å². The van der Waals surface area contributed by atoms with Crippen molar-refractivity contribution in [1.29, 1.82) is 0 Å². The normalized spacial score (nSPS) is 11.4. The van der Waals surface area contributed by atoms with Crippen molar-refractivity contribution >= 4 is 67.1 Å². The molecule has 0 spiro atoms. The molecule has 0 fully saturated rings. The van der Waals surface area contributed by atoms with Crippen LogP contribution in [0.25, 0.3) is 66.9 Å². The van der Waals surface area contributed by atoms with Gasteiger partial charge in [-0.3, -0.25) is 0 Å². The molecular formula is C40H36Cl2N6O2. The van der Waals surface area contributed by atoms with Gasteiger partial charge in [0.25, 0.3) is 0 Å². The number of hydrogen-bond acceptors (Lipinski definition) is 6. The van der Waals surface area contributed by atoms with Crippen molar-refractivity contribution in [2.75, 3.05) is 0 Å². The van der Waals surface area contributed by atoms with E-state index in [0.29, 0.717) is 21.1 Å². The lowest BCUT2D eigenvalue weighted by Gasteiger charge is -2.09. The number of phenols is 2. The Kier molecular flexibility index (Phi) is 9.57. The van der Waals surface area contributed by atoms with Crippen LogP contribution in [0.1, 0.15) is 39.5 Å². The summed E-state index contributed by atoms with van der Waals surface area (Å²) in [5.41, 5.74) is 6.49. The Morgan fingerprint density at radius 3 is 1.40 bits per heavy atom. The van der Waals surface area contributed by atoms with Gasteiger partial charge in [-0.2, -0.15) is 0 Å². The molecule has 8 rings (SSSR count). The monoisotopic (exact) mass is 702 g/mol. The number of unbranched alkanes of at least 4 members (excludes halogenated alkanes) is 2. The largest absolute Gasteiger partial charge is 0.506 e. The molecule has 8 nitrogen and oxygen atoms in total. The summed E-state index contributed by atoms with van der Waals surface area (Å²) >= 11 is 12.4. The van der Waals surface area contributed by atoms with E-state index in [1.165, 1.54) is 0 Å². The third-order valence-corrected chi connectivity index (χ3v) is 9.22. The Balaban J connectivity index is 0.000000157. The lowest BCUT2D eigenvalue weighted by atomic mass is 10.2. The Morgan fingerprint density at radius 2 is 0.980 bits per heavy atom. The van der Waals surface area contributed by atoms with E-state index in [1.54, 1.807) is 12.1 Å². The summed E-state index contributed by atoms with van der Waals surface area (Å²) in [4.78, 5) is 18.9. The molecule has 8 aromatic rings. The first-order valence-corrected chi connectivity index (χ1v) is 17.6. The summed E-state index contributed by atoms with van der Waals surface area (Å²) in [6, 6.07) is 30.1. The number of imidazole rings is 2. The van der Waals surface area contributed by atoms with Gasteiger partial charge < -0.3 is 19.3 Å². The van der Waals surface area contributed by atoms with Gasteiger partial charge >= 0.3 is 0 Å². The fraction of sp³-hybridized carbons (Fsp3) is 0.200. The Hall–Kier alpha value is -5.18. The molecule has 0 aliphatic heterocycles. The summed E-state index contributed by atoms with van der Waals surface area (Å²) in [5.74, 6) is 1.96. The smallest absolute Gasteiger partial charge is 0.159 e. The molecule has 252 valence electrons. The van der Waals surface area contributed by atoms with Gasteiger partial charge in [0.05, 0.1) is 22.1 Å². The number of aromatic nitrogens is 6. The lowest BCUT2D eigenvalue weighted by Crippen LogP contribution is -2.01. The van der Waals surface area contributed by atoms with Crippen LogP contribution < -0.4 is 0 Å². The van der Waals surface area contributed by atoms with Crippen molar-refractivity contribution in [3.05, 3.63) is 107 Å². The van der Waals surface area contributed by atoms with Gasteiger partial charge in [-0.25, -0.2) is 19.9 Å². The highest BCUT2D eigenvalue weighted by molar-refractivity contribution is 6.31. The third-order valence-electron chi connectivity index (χ3n) is 8.75. The number of benzene rings is 4. The molecule has 4 aromatic heterocycles. The molecule has 4 aromatic carbocycles. The third kappa shape index (κ3) is 6.56. The van der Waals surface area contributed by atoms with E-state index in [0.717, 1.165) is 94.6 Å². The van der Waals surface area contributed by atoms with Gasteiger partial charge in [0.1, 0.15) is 33.9 Å². The Morgan fingerprint density at radius 1 is 0.540 bits per heavy atom. The van der Waals surface area contributed by atoms with Crippen molar-refractivity contribution in [2.24, 2.45) is 0 Å². The number of fused-ring (bicyclic) bond motifs is 4. The number of nitrogens with zero attached hydrogens (tertiary/aromatic N) is 6. The van der Waals surface area contributed by atoms with Gasteiger partial charge in [0.15, 0.2) is 11.6 Å². The van der Waals surface area contributed by atoms with Gasteiger partial charge in [0.2, 0.25) is 0 Å². The highest BCUT2D eigenvalue weighted by Gasteiger charge is 2.17. The highest BCUT2D eigenvalue weighted by Crippen LogP contribution is 2.32. The summed E-state index contributed by atoms with van der Waals surface area (Å²) in [5, 5.41) is 23.4. The summed E-state index contributed by atoms with van der Waals surface area (Å²) < 4.78 is 4.33. The van der Waals surface area contributed by atoms with Crippen LogP contribution in [0, 0.1) is 0 Å². The maximum Gasteiger partial charge on any atom is 0.159 e. The molecule has 0 amide bonds. The Bertz CT molecular complexity index is 2320. The highest BCUT2D eigenvalue weighted by atomic mass is 35.5. The van der Waals surface area contributed by atoms with Crippen LogP contribution in [0.15, 0.2) is 97.1 Å². The zero-order chi connectivity index (χ0) is 34.8. The van der Waals surface area contributed by atoms with Crippen LogP contribution in [-0.2, 0) is 13.1 Å². The second-order valence-electron chi connectivity index (χ2n) is 12.2. The van der Waals surface area contributed by atoms with Crippen LogP contribution in [-0.4, -0.2) is 39.3 Å². The predicted octanol–water partition coefficient (Wildman–Crippen LogP) is 10.8. The zero-order valence-corrected chi connectivity index (χ0v) is 29.3. The molecule has 50 heavy (non-hydrogen) atoms. The van der Waals surface area contributed by atoms with Crippen LogP contribution in [0.2, 0.25) is 10.0 Å². The summed E-state index contributed by atoms with van der Waals surface area (Å²) in [6.45, 7) is 6.03. The van der Waals surface area contributed by atoms with Gasteiger partial charge in [-0.05, 0) is 73.5 Å². The first kappa shape index (κ1) is 33.3. The molecule has 4 heterocycles. The quantitative estimate of drug-likeness (QED) is 0.163. The number of halogens is 2. The second kappa shape index (κ2) is 14.4. The molecule has 2 N–H and O–H groups in total. The maximum atomic E-state index is 10.1. The Labute approximate surface area is 299 Å². The molecule has 0 aliphatic carbocycles. The van der Waals surface area contributed by atoms with Crippen LogP contribution in [0.4, 0.5) is 0 Å². The SMILES string of the molecule is CCCCn1c(-c2ccc3cccc(O)c3n2)nc2ccc(Cl)cc21.CCCCn1c(-c2ccc3cccc(O)c3n2)nc2ccc(Cl)cc21. The maximum absolute atomic E-state index is 10.1. The lowest BCUT2D eigenvalue weighted by molar-refractivity contribution is 0.480. The number of phenolic OH excluding ortho intramolecular Hbond substituents is 2. The minimum atomic E-state index is 0.179. The predicted molar refractivity (Wildman–Crippen MR) is 204 cm³/mol. The topological polar surface area (TPSA) is 102 Å². The number of aryl methyl sites for hydroxylation is 2. The molecule has 0 radical (unpaired) electrons. The van der Waals surface area contributed by atoms with E-state index in [4.69, 9.17) is 33.2 Å².